The first kappa shape index (κ1) is 14.3. The molecule has 0 bridgehead atoms. The van der Waals surface area contributed by atoms with Crippen molar-refractivity contribution >= 4 is 5.69 Å². The summed E-state index contributed by atoms with van der Waals surface area (Å²) in [5, 5.41) is 11.1. The van der Waals surface area contributed by atoms with Gasteiger partial charge in [0.1, 0.15) is 11.6 Å². The summed E-state index contributed by atoms with van der Waals surface area (Å²) >= 11 is 0. The standard InChI is InChI=1S/C12H15F2N5O/c1-2-20-5-3-4-19-12(16-17-18-19)8-6-11(15)10(14)7-9(8)13/h6-7H,2-5,15H2,1H3. The van der Waals surface area contributed by atoms with Gasteiger partial charge < -0.3 is 10.5 Å². The minimum Gasteiger partial charge on any atom is -0.396 e. The Labute approximate surface area is 114 Å². The number of nitrogens with zero attached hydrogens (tertiary/aromatic N) is 4. The van der Waals surface area contributed by atoms with Crippen molar-refractivity contribution in [2.24, 2.45) is 0 Å². The molecule has 1 aromatic heterocycles. The van der Waals surface area contributed by atoms with Gasteiger partial charge >= 0.3 is 0 Å². The summed E-state index contributed by atoms with van der Waals surface area (Å²) in [6, 6.07) is 1.92. The van der Waals surface area contributed by atoms with E-state index >= 15 is 0 Å². The molecule has 1 aromatic carbocycles. The molecule has 2 N–H and O–H groups in total. The summed E-state index contributed by atoms with van der Waals surface area (Å²) < 4.78 is 33.6. The van der Waals surface area contributed by atoms with Gasteiger partial charge in [-0.2, -0.15) is 0 Å². The van der Waals surface area contributed by atoms with Crippen LogP contribution in [0.2, 0.25) is 0 Å². The number of halogens is 2. The van der Waals surface area contributed by atoms with Crippen molar-refractivity contribution in [3.8, 4) is 11.4 Å². The van der Waals surface area contributed by atoms with Crippen LogP contribution >= 0.6 is 0 Å². The maximum atomic E-state index is 13.8. The van der Waals surface area contributed by atoms with E-state index in [0.717, 1.165) is 6.07 Å². The van der Waals surface area contributed by atoms with Crippen LogP contribution in [-0.4, -0.2) is 33.4 Å². The Bertz CT molecular complexity index is 587. The van der Waals surface area contributed by atoms with E-state index < -0.39 is 11.6 Å². The van der Waals surface area contributed by atoms with Crippen LogP contribution in [0.5, 0.6) is 0 Å². The molecule has 108 valence electrons. The van der Waals surface area contributed by atoms with Crippen LogP contribution in [0.15, 0.2) is 12.1 Å². The van der Waals surface area contributed by atoms with Gasteiger partial charge in [-0.05, 0) is 29.8 Å². The fraction of sp³-hybridized carbons (Fsp3) is 0.417. The summed E-state index contributed by atoms with van der Waals surface area (Å²) in [6.07, 6.45) is 0.685. The number of aromatic nitrogens is 4. The summed E-state index contributed by atoms with van der Waals surface area (Å²) in [6.45, 7) is 3.56. The highest BCUT2D eigenvalue weighted by Gasteiger charge is 2.16. The van der Waals surface area contributed by atoms with Gasteiger partial charge in [0.05, 0.1) is 11.3 Å². The van der Waals surface area contributed by atoms with E-state index in [4.69, 9.17) is 10.5 Å². The third kappa shape index (κ3) is 3.08. The van der Waals surface area contributed by atoms with Gasteiger partial charge in [-0.1, -0.05) is 0 Å². The molecule has 0 aliphatic rings. The molecule has 0 unspecified atom stereocenters. The summed E-state index contributed by atoms with van der Waals surface area (Å²) in [4.78, 5) is 0. The van der Waals surface area contributed by atoms with E-state index in [0.29, 0.717) is 26.2 Å². The van der Waals surface area contributed by atoms with Gasteiger partial charge in [-0.3, -0.25) is 0 Å². The lowest BCUT2D eigenvalue weighted by atomic mass is 10.1. The minimum absolute atomic E-state index is 0.0744. The molecule has 0 fully saturated rings. The molecule has 0 aliphatic heterocycles. The third-order valence-electron chi connectivity index (χ3n) is 2.72. The largest absolute Gasteiger partial charge is 0.396 e. The zero-order chi connectivity index (χ0) is 14.5. The molecule has 0 saturated carbocycles. The molecular formula is C12H15F2N5O. The van der Waals surface area contributed by atoms with Gasteiger partial charge in [-0.15, -0.1) is 5.10 Å². The molecule has 8 heteroatoms. The van der Waals surface area contributed by atoms with Crippen molar-refractivity contribution in [3.05, 3.63) is 23.8 Å². The topological polar surface area (TPSA) is 78.8 Å². The Morgan fingerprint density at radius 1 is 1.30 bits per heavy atom. The number of anilines is 1. The highest BCUT2D eigenvalue weighted by molar-refractivity contribution is 5.62. The number of ether oxygens (including phenoxy) is 1. The zero-order valence-corrected chi connectivity index (χ0v) is 11.0. The molecule has 2 aromatic rings. The Morgan fingerprint density at radius 2 is 2.10 bits per heavy atom. The SMILES string of the molecule is CCOCCCn1nnnc1-c1cc(N)c(F)cc1F. The molecule has 1 heterocycles. The van der Waals surface area contributed by atoms with Crippen molar-refractivity contribution in [1.82, 2.24) is 20.2 Å². The van der Waals surface area contributed by atoms with Gasteiger partial charge in [0, 0.05) is 25.8 Å². The Balaban J connectivity index is 2.21. The van der Waals surface area contributed by atoms with E-state index in [1.165, 1.54) is 10.7 Å². The molecule has 0 aliphatic carbocycles. The molecule has 20 heavy (non-hydrogen) atoms. The fourth-order valence-electron chi connectivity index (χ4n) is 1.75. The maximum absolute atomic E-state index is 13.8. The first-order valence-electron chi connectivity index (χ1n) is 6.22. The van der Waals surface area contributed by atoms with Crippen LogP contribution in [0, 0.1) is 11.6 Å². The quantitative estimate of drug-likeness (QED) is 0.644. The summed E-state index contributed by atoms with van der Waals surface area (Å²) in [5.74, 6) is -1.34. The number of rotatable bonds is 6. The first-order chi connectivity index (χ1) is 9.63. The molecule has 6 nitrogen and oxygen atoms in total. The van der Waals surface area contributed by atoms with Gasteiger partial charge in [0.15, 0.2) is 5.82 Å². The second-order valence-corrected chi connectivity index (χ2v) is 4.13. The first-order valence-corrected chi connectivity index (χ1v) is 6.22. The number of aryl methyl sites for hydroxylation is 1. The maximum Gasteiger partial charge on any atom is 0.185 e. The van der Waals surface area contributed by atoms with Crippen molar-refractivity contribution in [2.45, 2.75) is 19.9 Å². The van der Waals surface area contributed by atoms with Crippen molar-refractivity contribution < 1.29 is 13.5 Å². The average molecular weight is 283 g/mol. The lowest BCUT2D eigenvalue weighted by Crippen LogP contribution is -2.07. The number of hydrogen-bond donors (Lipinski definition) is 1. The van der Waals surface area contributed by atoms with Gasteiger partial charge in [0.25, 0.3) is 0 Å². The Hall–Kier alpha value is -2.09. The second kappa shape index (κ2) is 6.38. The van der Waals surface area contributed by atoms with Crippen LogP contribution in [0.1, 0.15) is 13.3 Å². The van der Waals surface area contributed by atoms with Gasteiger partial charge in [-0.25, -0.2) is 13.5 Å². The number of nitrogen functional groups attached to an aromatic ring is 1. The molecular weight excluding hydrogens is 268 g/mol. The second-order valence-electron chi connectivity index (χ2n) is 4.13. The molecule has 2 rings (SSSR count). The summed E-state index contributed by atoms with van der Waals surface area (Å²) in [7, 11) is 0. The van der Waals surface area contributed by atoms with Crippen LogP contribution in [0.25, 0.3) is 11.4 Å². The highest BCUT2D eigenvalue weighted by atomic mass is 19.1. The molecule has 0 radical (unpaired) electrons. The zero-order valence-electron chi connectivity index (χ0n) is 11.0. The molecule has 0 spiro atoms. The summed E-state index contributed by atoms with van der Waals surface area (Å²) in [5.41, 5.74) is 5.37. The number of hydrogen-bond acceptors (Lipinski definition) is 5. The predicted octanol–water partition coefficient (Wildman–Crippen LogP) is 1.63. The number of benzene rings is 1. The van der Waals surface area contributed by atoms with Crippen molar-refractivity contribution in [3.63, 3.8) is 0 Å². The number of tetrazole rings is 1. The fourth-order valence-corrected chi connectivity index (χ4v) is 1.75. The smallest absolute Gasteiger partial charge is 0.185 e. The van der Waals surface area contributed by atoms with E-state index in [1.807, 2.05) is 6.92 Å². The monoisotopic (exact) mass is 283 g/mol. The van der Waals surface area contributed by atoms with Crippen LogP contribution < -0.4 is 5.73 Å². The van der Waals surface area contributed by atoms with Crippen LogP contribution in [-0.2, 0) is 11.3 Å². The lowest BCUT2D eigenvalue weighted by Gasteiger charge is -2.07. The lowest BCUT2D eigenvalue weighted by molar-refractivity contribution is 0.140. The molecule has 0 atom stereocenters. The normalized spacial score (nSPS) is 10.9. The third-order valence-corrected chi connectivity index (χ3v) is 2.72. The average Bonchev–Trinajstić information content (AvgIpc) is 2.87. The predicted molar refractivity (Wildman–Crippen MR) is 68.7 cm³/mol. The van der Waals surface area contributed by atoms with Crippen LogP contribution in [0.4, 0.5) is 14.5 Å². The molecule has 0 saturated heterocycles. The van der Waals surface area contributed by atoms with Crippen LogP contribution in [0.3, 0.4) is 0 Å². The van der Waals surface area contributed by atoms with Crippen molar-refractivity contribution in [2.75, 3.05) is 18.9 Å². The van der Waals surface area contributed by atoms with Gasteiger partial charge in [0.2, 0.25) is 0 Å². The van der Waals surface area contributed by atoms with E-state index in [-0.39, 0.29) is 17.1 Å². The molecule has 0 amide bonds. The van der Waals surface area contributed by atoms with E-state index in [1.54, 1.807) is 0 Å². The Kier molecular flexibility index (Phi) is 4.57. The van der Waals surface area contributed by atoms with E-state index in [9.17, 15) is 8.78 Å². The number of nitrogens with two attached hydrogens (primary N) is 1. The van der Waals surface area contributed by atoms with E-state index in [2.05, 4.69) is 15.5 Å². The highest BCUT2D eigenvalue weighted by Crippen LogP contribution is 2.24. The van der Waals surface area contributed by atoms with Crippen molar-refractivity contribution in [1.29, 1.82) is 0 Å². The minimum atomic E-state index is -0.804. The Morgan fingerprint density at radius 3 is 2.85 bits per heavy atom.